The number of aromatic hydroxyl groups is 2. The van der Waals surface area contributed by atoms with Gasteiger partial charge in [-0.25, -0.2) is 4.98 Å². The summed E-state index contributed by atoms with van der Waals surface area (Å²) < 4.78 is 0. The normalized spacial score (nSPS) is 25.6. The second kappa shape index (κ2) is 42.3. The second-order valence-electron chi connectivity index (χ2n) is 25.5. The van der Waals surface area contributed by atoms with Crippen molar-refractivity contribution in [2.75, 3.05) is 49.3 Å². The van der Waals surface area contributed by atoms with Gasteiger partial charge in [-0.15, -0.1) is 0 Å². The van der Waals surface area contributed by atoms with Crippen LogP contribution in [0.3, 0.4) is 0 Å². The van der Waals surface area contributed by atoms with Crippen LogP contribution in [0.5, 0.6) is 11.5 Å². The molecule has 3 aliphatic rings. The highest BCUT2D eigenvalue weighted by Gasteiger charge is 2.42. The molecule has 15 amide bonds. The molecule has 584 valence electrons. The molecule has 2 aromatic carbocycles. The molecule has 0 radical (unpaired) electrons. The summed E-state index contributed by atoms with van der Waals surface area (Å²) in [7, 11) is 3.23. The van der Waals surface area contributed by atoms with E-state index in [9.17, 15) is 87.2 Å². The van der Waals surface area contributed by atoms with Crippen LogP contribution in [0.4, 0.5) is 0 Å². The maximum absolute atomic E-state index is 14.9. The van der Waals surface area contributed by atoms with Gasteiger partial charge in [0.25, 0.3) is 0 Å². The summed E-state index contributed by atoms with van der Waals surface area (Å²) in [6.45, 7) is 2.28. The lowest BCUT2D eigenvalue weighted by atomic mass is 10.0. The number of amides is 15. The molecule has 26 N–H and O–H groups in total. The highest BCUT2D eigenvalue weighted by atomic mass is 33.1. The molecular weight excluding hydrogens is 1480 g/mol. The van der Waals surface area contributed by atoms with Gasteiger partial charge in [0.15, 0.2) is 5.96 Å². The number of fused-ring (bicyclic) bond motifs is 9. The lowest BCUT2D eigenvalue weighted by molar-refractivity contribution is -0.143. The van der Waals surface area contributed by atoms with Crippen LogP contribution in [0.1, 0.15) is 69.7 Å². The first-order valence-electron chi connectivity index (χ1n) is 33.8. The number of nitrogens with zero attached hydrogens (tertiary/aromatic N) is 2. The van der Waals surface area contributed by atoms with Crippen molar-refractivity contribution in [2.24, 2.45) is 28.9 Å². The number of nitrogens with two attached hydrogens (primary N) is 4. The zero-order valence-corrected chi connectivity index (χ0v) is 61.7. The molecule has 13 atom stereocenters. The lowest BCUT2D eigenvalue weighted by Gasteiger charge is -2.31. The summed E-state index contributed by atoms with van der Waals surface area (Å²) in [4.78, 5) is 221. The molecule has 107 heavy (non-hydrogen) atoms. The number of rotatable bonds is 17. The molecule has 43 heteroatoms. The highest BCUT2D eigenvalue weighted by Crippen LogP contribution is 2.27. The van der Waals surface area contributed by atoms with Crippen molar-refractivity contribution in [1.29, 1.82) is 5.41 Å². The summed E-state index contributed by atoms with van der Waals surface area (Å²) in [5.74, 6) is -18.7. The average molecular weight is 1570 g/mol. The largest absolute Gasteiger partial charge is 0.508 e. The Labute approximate surface area is 629 Å². The van der Waals surface area contributed by atoms with E-state index >= 15 is 0 Å². The van der Waals surface area contributed by atoms with Crippen LogP contribution in [0.15, 0.2) is 61.1 Å². The molecular formula is C64H91N21O18S4. The predicted molar refractivity (Wildman–Crippen MR) is 392 cm³/mol. The fourth-order valence-corrected chi connectivity index (χ4v) is 15.5. The summed E-state index contributed by atoms with van der Waals surface area (Å²) in [6.07, 6.45) is 0.986. The number of carbonyl (C=O) groups excluding carboxylic acids is 15. The van der Waals surface area contributed by atoms with Crippen LogP contribution in [0, 0.1) is 11.3 Å². The van der Waals surface area contributed by atoms with E-state index in [1.165, 1.54) is 68.0 Å². The Bertz CT molecular complexity index is 3680. The van der Waals surface area contributed by atoms with E-state index < -0.39 is 222 Å². The number of primary amides is 2. The standard InChI is InChI=1S/C64H91N21O18S4/c1-30(2)50-62(102)74-31(3)52(92)81-44-26-105-107-27-45(82-53(93)37(65)18-32-8-12-35(87)13-9-32)60(100)83-46(59(99)78-41(21-48(66)89)63(103)85-17-5-7-47(85)61(101)84-50)28-106-104-25-43(51(67)91)80-58(98)42(24-86)79-56(96)39(19-33-10-14-36(88)15-11-33)76-57(97)40(20-34-22-70-29-73-34)77-55(95)38(6-4-16-71-64(68)69)75-49(90)23-72-54(44)94/h8-15,22,29-31,37-47,50,86-88H,4-7,16-21,23-28,65H2,1-3H3,(H2,66,89)(H2,67,91)(H,70,73)(H,72,94)(H,74,102)(H,75,90)(H,76,97)(H,77,95)(H,78,99)(H,79,96)(H,80,98)(H,81,92)(H,82,93)(H,83,100)(H,84,101)(H4,68,69,71)/t31-,37-,38-,39-,40-,41-,42-,43-,44-,45-,46-,47-,50-/m0/s1. The van der Waals surface area contributed by atoms with E-state index in [0.717, 1.165) is 48.1 Å². The van der Waals surface area contributed by atoms with Gasteiger partial charge in [-0.2, -0.15) is 0 Å². The van der Waals surface area contributed by atoms with E-state index in [2.05, 4.69) is 79.1 Å². The molecule has 0 spiro atoms. The second-order valence-corrected chi connectivity index (χ2v) is 30.6. The van der Waals surface area contributed by atoms with E-state index in [4.69, 9.17) is 28.3 Å². The van der Waals surface area contributed by atoms with Crippen molar-refractivity contribution in [3.63, 3.8) is 0 Å². The Kier molecular flexibility index (Phi) is 33.9. The molecule has 0 aliphatic carbocycles. The topological polar surface area (TPSA) is 633 Å². The molecule has 0 unspecified atom stereocenters. The third kappa shape index (κ3) is 27.6. The van der Waals surface area contributed by atoms with Gasteiger partial charge >= 0.3 is 0 Å². The van der Waals surface area contributed by atoms with Gasteiger partial charge < -0.3 is 117 Å². The minimum absolute atomic E-state index is 0.0147. The van der Waals surface area contributed by atoms with Crippen LogP contribution in [0.25, 0.3) is 0 Å². The molecule has 1 aromatic heterocycles. The number of aromatic amines is 1. The van der Waals surface area contributed by atoms with Crippen molar-refractivity contribution in [1.82, 2.24) is 84.0 Å². The number of H-pyrrole nitrogens is 1. The number of nitrogens with one attached hydrogen (secondary N) is 15. The van der Waals surface area contributed by atoms with Gasteiger partial charge in [0, 0.05) is 55.1 Å². The van der Waals surface area contributed by atoms with Gasteiger partial charge in [0.2, 0.25) is 88.6 Å². The van der Waals surface area contributed by atoms with E-state index in [-0.39, 0.29) is 75.2 Å². The van der Waals surface area contributed by atoms with Crippen molar-refractivity contribution < 1.29 is 87.2 Å². The lowest BCUT2D eigenvalue weighted by Crippen LogP contribution is -2.61. The molecule has 2 bridgehead atoms. The fourth-order valence-electron chi connectivity index (χ4n) is 10.9. The summed E-state index contributed by atoms with van der Waals surface area (Å²) in [6, 6.07) is -9.71. The maximum atomic E-state index is 14.9. The fraction of sp³-hybridized carbons (Fsp3) is 0.516. The number of imidazole rings is 1. The zero-order chi connectivity index (χ0) is 78.6. The SMILES string of the molecule is CC(C)[C@@H]1NC(=O)[C@@H]2CCCN2C(=O)[C@H](CC(N)=O)NC(=O)[C@@H]2CSSC[C@@H](C(N)=O)NC(=O)[C@H](CO)NC(=O)[C@H](Cc3ccc(O)cc3)NC(=O)[C@H](Cc3c[nH]cn3)NC(=O)[C@H](CCCNC(=N)N)NC(=O)CNC(=O)[C@H](CSSC[C@H](NC(=O)[C@@H](N)Cc3ccc(O)cc3)C(=O)N2)NC(=O)[C@H](C)NC1=O. The quantitative estimate of drug-likeness (QED) is 0.0258. The first-order chi connectivity index (χ1) is 50.8. The number of guanidine groups is 1. The van der Waals surface area contributed by atoms with Crippen molar-refractivity contribution in [2.45, 2.75) is 151 Å². The molecule has 6 rings (SSSR count). The van der Waals surface area contributed by atoms with Crippen LogP contribution in [0.2, 0.25) is 0 Å². The number of carbonyl (C=O) groups is 15. The van der Waals surface area contributed by atoms with Crippen molar-refractivity contribution in [3.05, 3.63) is 77.9 Å². The number of hydrogen-bond donors (Lipinski definition) is 22. The van der Waals surface area contributed by atoms with Crippen LogP contribution in [-0.2, 0) is 91.2 Å². The van der Waals surface area contributed by atoms with E-state index in [1.54, 1.807) is 13.8 Å². The molecule has 0 saturated carbocycles. The number of aliphatic hydroxyl groups excluding tert-OH is 1. The number of aromatic nitrogens is 2. The van der Waals surface area contributed by atoms with E-state index in [0.29, 0.717) is 11.1 Å². The first-order valence-corrected chi connectivity index (χ1v) is 38.7. The van der Waals surface area contributed by atoms with Gasteiger partial charge in [-0.3, -0.25) is 77.3 Å². The first kappa shape index (κ1) is 85.8. The number of aliphatic hydroxyl groups is 1. The zero-order valence-electron chi connectivity index (χ0n) is 58.5. The number of phenols is 2. The molecule has 3 aliphatic heterocycles. The Balaban J connectivity index is 1.46. The molecule has 4 heterocycles. The van der Waals surface area contributed by atoms with E-state index in [1.807, 2.05) is 0 Å². The van der Waals surface area contributed by atoms with Crippen LogP contribution < -0.4 is 92.1 Å². The van der Waals surface area contributed by atoms with Gasteiger partial charge in [0.05, 0.1) is 37.6 Å². The minimum atomic E-state index is -1.88. The molecule has 3 aromatic rings. The van der Waals surface area contributed by atoms with Crippen molar-refractivity contribution >= 4 is 138 Å². The third-order valence-electron chi connectivity index (χ3n) is 16.7. The predicted octanol–water partition coefficient (Wildman–Crippen LogP) is -7.30. The van der Waals surface area contributed by atoms with Gasteiger partial charge in [-0.1, -0.05) is 81.3 Å². The Morgan fingerprint density at radius 3 is 1.80 bits per heavy atom. The van der Waals surface area contributed by atoms with Gasteiger partial charge in [-0.05, 0) is 80.3 Å². The number of phenolic OH excluding ortho intramolecular Hbond substituents is 2. The summed E-state index contributed by atoms with van der Waals surface area (Å²) in [5.41, 5.74) is 24.4. The smallest absolute Gasteiger partial charge is 0.246 e. The maximum Gasteiger partial charge on any atom is 0.246 e. The monoisotopic (exact) mass is 1570 g/mol. The Hall–Kier alpha value is -10.1. The number of benzene rings is 2. The molecule has 3 saturated heterocycles. The summed E-state index contributed by atoms with van der Waals surface area (Å²) >= 11 is 0. The van der Waals surface area contributed by atoms with Crippen molar-refractivity contribution in [3.8, 4) is 11.5 Å². The Morgan fingerprint density at radius 2 is 1.21 bits per heavy atom. The van der Waals surface area contributed by atoms with Crippen LogP contribution in [-0.4, -0.2) is 253 Å². The summed E-state index contributed by atoms with van der Waals surface area (Å²) in [5, 5.41) is 71.0. The van der Waals surface area contributed by atoms with Gasteiger partial charge in [0.1, 0.15) is 84.0 Å². The third-order valence-corrected chi connectivity index (χ3v) is 21.6. The highest BCUT2D eigenvalue weighted by molar-refractivity contribution is 8.77. The Morgan fingerprint density at radius 1 is 0.636 bits per heavy atom. The number of hydrogen-bond acceptors (Lipinski definition) is 25. The molecule has 3 fully saturated rings. The minimum Gasteiger partial charge on any atom is -0.508 e. The van der Waals surface area contributed by atoms with Crippen LogP contribution >= 0.6 is 43.2 Å². The molecule has 39 nitrogen and oxygen atoms in total. The average Bonchev–Trinajstić information content (AvgIpc) is 1.74.